The number of nitrogens with zero attached hydrogens (tertiary/aromatic N) is 6. The number of likely N-dealkylation sites (N-methyl/N-ethyl adjacent to an activating group) is 1. The van der Waals surface area contributed by atoms with Crippen molar-refractivity contribution in [2.45, 2.75) is 45.2 Å². The molecule has 1 amide bonds. The predicted octanol–water partition coefficient (Wildman–Crippen LogP) is 2.24. The van der Waals surface area contributed by atoms with Crippen LogP contribution in [0.25, 0.3) is 0 Å². The molecule has 0 saturated carbocycles. The molecule has 1 unspecified atom stereocenters. The Morgan fingerprint density at radius 3 is 2.88 bits per heavy atom. The Hall–Kier alpha value is -2.15. The van der Waals surface area contributed by atoms with Crippen LogP contribution in [0.15, 0.2) is 24.8 Å². The van der Waals surface area contributed by atoms with E-state index in [9.17, 15) is 4.79 Å². The molecule has 0 bridgehead atoms. The van der Waals surface area contributed by atoms with Crippen LogP contribution in [0.3, 0.4) is 0 Å². The second kappa shape index (κ2) is 8.03. The molecular formula is C19H30N6O. The minimum absolute atomic E-state index is 0.0768. The fourth-order valence-corrected chi connectivity index (χ4v) is 3.46. The number of imidazole rings is 1. The predicted molar refractivity (Wildman–Crippen MR) is 101 cm³/mol. The van der Waals surface area contributed by atoms with E-state index in [-0.39, 0.29) is 11.9 Å². The Morgan fingerprint density at radius 1 is 1.38 bits per heavy atom. The molecule has 2 aromatic heterocycles. The van der Waals surface area contributed by atoms with Gasteiger partial charge in [-0.3, -0.25) is 9.48 Å². The molecule has 1 fully saturated rings. The second-order valence-corrected chi connectivity index (χ2v) is 7.68. The van der Waals surface area contributed by atoms with Crippen LogP contribution in [0.4, 0.5) is 0 Å². The highest BCUT2D eigenvalue weighted by Gasteiger charge is 2.28. The van der Waals surface area contributed by atoms with Gasteiger partial charge in [0.05, 0.1) is 11.8 Å². The van der Waals surface area contributed by atoms with E-state index in [1.54, 1.807) is 6.20 Å². The first kappa shape index (κ1) is 18.6. The van der Waals surface area contributed by atoms with Crippen molar-refractivity contribution >= 4 is 5.91 Å². The van der Waals surface area contributed by atoms with E-state index < -0.39 is 0 Å². The van der Waals surface area contributed by atoms with E-state index in [0.717, 1.165) is 44.8 Å². The number of rotatable bonds is 6. The van der Waals surface area contributed by atoms with Crippen molar-refractivity contribution in [3.8, 4) is 0 Å². The SMILES string of the molecule is CC(C)n1cc(C(=O)N2CCCC(c3nccn3CCN(C)C)C2)cn1. The fraction of sp³-hybridized carbons (Fsp3) is 0.632. The Labute approximate surface area is 155 Å². The summed E-state index contributed by atoms with van der Waals surface area (Å²) in [5.41, 5.74) is 0.676. The standard InChI is InChI=1S/C19H30N6O/c1-15(2)25-14-17(12-21-25)19(26)24-8-5-6-16(13-24)18-20-7-9-23(18)11-10-22(3)4/h7,9,12,14-16H,5-6,8,10-11,13H2,1-4H3. The van der Waals surface area contributed by atoms with Gasteiger partial charge >= 0.3 is 0 Å². The molecule has 2 aromatic rings. The van der Waals surface area contributed by atoms with E-state index in [2.05, 4.69) is 47.5 Å². The minimum Gasteiger partial charge on any atom is -0.338 e. The van der Waals surface area contributed by atoms with Crippen molar-refractivity contribution in [1.29, 1.82) is 0 Å². The van der Waals surface area contributed by atoms with E-state index in [4.69, 9.17) is 0 Å². The molecule has 0 aliphatic carbocycles. The molecule has 1 saturated heterocycles. The smallest absolute Gasteiger partial charge is 0.257 e. The summed E-state index contributed by atoms with van der Waals surface area (Å²) in [6.45, 7) is 7.56. The third kappa shape index (κ3) is 4.15. The third-order valence-electron chi connectivity index (χ3n) is 4.99. The third-order valence-corrected chi connectivity index (χ3v) is 4.99. The number of likely N-dealkylation sites (tertiary alicyclic amines) is 1. The molecule has 1 aliphatic rings. The van der Waals surface area contributed by atoms with Crippen molar-refractivity contribution in [2.24, 2.45) is 0 Å². The Kier molecular flexibility index (Phi) is 5.76. The summed E-state index contributed by atoms with van der Waals surface area (Å²) in [4.78, 5) is 21.6. The summed E-state index contributed by atoms with van der Waals surface area (Å²) in [6, 6.07) is 0.259. The number of aromatic nitrogens is 4. The molecule has 7 heteroatoms. The van der Waals surface area contributed by atoms with Gasteiger partial charge in [-0.1, -0.05) is 0 Å². The van der Waals surface area contributed by atoms with Crippen LogP contribution in [-0.2, 0) is 6.54 Å². The molecule has 1 atom stereocenters. The molecule has 1 aliphatic heterocycles. The maximum atomic E-state index is 12.9. The largest absolute Gasteiger partial charge is 0.338 e. The lowest BCUT2D eigenvalue weighted by Crippen LogP contribution is -2.39. The lowest BCUT2D eigenvalue weighted by atomic mass is 9.96. The molecule has 0 aromatic carbocycles. The summed E-state index contributed by atoms with van der Waals surface area (Å²) in [5, 5.41) is 4.30. The summed E-state index contributed by atoms with van der Waals surface area (Å²) in [6.07, 6.45) is 9.55. The van der Waals surface area contributed by atoms with Gasteiger partial charge in [-0.25, -0.2) is 4.98 Å². The Morgan fingerprint density at radius 2 is 2.19 bits per heavy atom. The first-order valence-corrected chi connectivity index (χ1v) is 9.45. The van der Waals surface area contributed by atoms with Gasteiger partial charge < -0.3 is 14.4 Å². The number of hydrogen-bond donors (Lipinski definition) is 0. The van der Waals surface area contributed by atoms with Crippen molar-refractivity contribution < 1.29 is 4.79 Å². The Bertz CT molecular complexity index is 732. The topological polar surface area (TPSA) is 59.2 Å². The van der Waals surface area contributed by atoms with Crippen molar-refractivity contribution in [3.63, 3.8) is 0 Å². The minimum atomic E-state index is 0.0768. The van der Waals surface area contributed by atoms with Gasteiger partial charge in [0.2, 0.25) is 0 Å². The molecule has 3 rings (SSSR count). The van der Waals surface area contributed by atoms with Crippen LogP contribution in [-0.4, -0.2) is 68.8 Å². The van der Waals surface area contributed by atoms with Crippen LogP contribution in [0.5, 0.6) is 0 Å². The lowest BCUT2D eigenvalue weighted by molar-refractivity contribution is 0.0703. The average Bonchev–Trinajstić information content (AvgIpc) is 3.29. The number of piperidine rings is 1. The zero-order valence-corrected chi connectivity index (χ0v) is 16.3. The highest BCUT2D eigenvalue weighted by Crippen LogP contribution is 2.27. The first-order valence-electron chi connectivity index (χ1n) is 9.45. The highest BCUT2D eigenvalue weighted by molar-refractivity contribution is 5.93. The molecular weight excluding hydrogens is 328 g/mol. The fourth-order valence-electron chi connectivity index (χ4n) is 3.46. The van der Waals surface area contributed by atoms with Gasteiger partial charge in [-0.05, 0) is 40.8 Å². The van der Waals surface area contributed by atoms with Gasteiger partial charge in [0.1, 0.15) is 5.82 Å². The second-order valence-electron chi connectivity index (χ2n) is 7.68. The van der Waals surface area contributed by atoms with Gasteiger partial charge in [0.15, 0.2) is 0 Å². The van der Waals surface area contributed by atoms with Crippen LogP contribution in [0.2, 0.25) is 0 Å². The maximum Gasteiger partial charge on any atom is 0.257 e. The summed E-state index contributed by atoms with van der Waals surface area (Å²) in [7, 11) is 4.16. The van der Waals surface area contributed by atoms with E-state index in [1.165, 1.54) is 0 Å². The first-order chi connectivity index (χ1) is 12.5. The van der Waals surface area contributed by atoms with Crippen molar-refractivity contribution in [2.75, 3.05) is 33.7 Å². The van der Waals surface area contributed by atoms with Gasteiger partial charge in [-0.2, -0.15) is 5.10 Å². The molecule has 3 heterocycles. The Balaban J connectivity index is 1.69. The summed E-state index contributed by atoms with van der Waals surface area (Å²) < 4.78 is 4.07. The summed E-state index contributed by atoms with van der Waals surface area (Å²) in [5.74, 6) is 1.47. The summed E-state index contributed by atoms with van der Waals surface area (Å²) >= 11 is 0. The zero-order chi connectivity index (χ0) is 18.7. The maximum absolute atomic E-state index is 12.9. The van der Waals surface area contributed by atoms with Gasteiger partial charge in [0, 0.05) is 56.7 Å². The van der Waals surface area contributed by atoms with Gasteiger partial charge in [0.25, 0.3) is 5.91 Å². The molecule has 0 radical (unpaired) electrons. The molecule has 7 nitrogen and oxygen atoms in total. The van der Waals surface area contributed by atoms with Crippen LogP contribution >= 0.6 is 0 Å². The quantitative estimate of drug-likeness (QED) is 0.795. The van der Waals surface area contributed by atoms with Crippen molar-refractivity contribution in [3.05, 3.63) is 36.2 Å². The van der Waals surface area contributed by atoms with E-state index in [0.29, 0.717) is 11.5 Å². The zero-order valence-electron chi connectivity index (χ0n) is 16.3. The van der Waals surface area contributed by atoms with Gasteiger partial charge in [-0.15, -0.1) is 0 Å². The highest BCUT2D eigenvalue weighted by atomic mass is 16.2. The molecule has 142 valence electrons. The number of hydrogen-bond acceptors (Lipinski definition) is 4. The van der Waals surface area contributed by atoms with Crippen LogP contribution in [0, 0.1) is 0 Å². The van der Waals surface area contributed by atoms with E-state index in [1.807, 2.05) is 28.2 Å². The van der Waals surface area contributed by atoms with E-state index >= 15 is 0 Å². The molecule has 26 heavy (non-hydrogen) atoms. The number of amides is 1. The average molecular weight is 358 g/mol. The van der Waals surface area contributed by atoms with Crippen LogP contribution in [0.1, 0.15) is 54.8 Å². The van der Waals surface area contributed by atoms with Crippen LogP contribution < -0.4 is 0 Å². The number of carbonyl (C=O) groups excluding carboxylic acids is 1. The monoisotopic (exact) mass is 358 g/mol. The molecule has 0 N–H and O–H groups in total. The van der Waals surface area contributed by atoms with Crippen molar-refractivity contribution in [1.82, 2.24) is 29.1 Å². The number of carbonyl (C=O) groups is 1. The normalized spacial score (nSPS) is 18.1. The lowest BCUT2D eigenvalue weighted by Gasteiger charge is -2.32. The molecule has 0 spiro atoms.